The van der Waals surface area contributed by atoms with Crippen molar-refractivity contribution in [2.45, 2.75) is 13.0 Å². The van der Waals surface area contributed by atoms with Crippen LogP contribution in [0.4, 0.5) is 0 Å². The molecule has 0 radical (unpaired) electrons. The largest absolute Gasteiger partial charge is 0.391 e. The Balaban J connectivity index is 1.59. The summed E-state index contributed by atoms with van der Waals surface area (Å²) < 4.78 is 1.82. The molecule has 3 aromatic rings. The Kier molecular flexibility index (Phi) is 4.71. The summed E-state index contributed by atoms with van der Waals surface area (Å²) in [5.74, 6) is -0.0700. The van der Waals surface area contributed by atoms with Gasteiger partial charge in [0.25, 0.3) is 5.91 Å². The summed E-state index contributed by atoms with van der Waals surface area (Å²) in [5.41, 5.74) is 1.73. The van der Waals surface area contributed by atoms with Crippen LogP contribution < -0.4 is 10.6 Å². The molecule has 4 rings (SSSR count). The summed E-state index contributed by atoms with van der Waals surface area (Å²) in [6.07, 6.45) is -0.406. The van der Waals surface area contributed by atoms with Gasteiger partial charge in [0, 0.05) is 36.0 Å². The number of rotatable bonds is 4. The van der Waals surface area contributed by atoms with Crippen molar-refractivity contribution in [1.29, 1.82) is 0 Å². The highest BCUT2D eigenvalue weighted by Gasteiger charge is 2.25. The Morgan fingerprint density at radius 1 is 1.46 bits per heavy atom. The van der Waals surface area contributed by atoms with Crippen LogP contribution in [0.2, 0.25) is 5.02 Å². The summed E-state index contributed by atoms with van der Waals surface area (Å²) in [5, 5.41) is 22.1. The SMILES string of the molecule is Cc1nn(-c2cccc(Cl)c2)c2sc(C(=O)NCC3CNCC3O)cc12. The number of carbonyl (C=O) groups excluding carboxylic acids is 1. The Morgan fingerprint density at radius 3 is 3.04 bits per heavy atom. The Labute approximate surface area is 159 Å². The number of hydrogen-bond acceptors (Lipinski definition) is 5. The monoisotopic (exact) mass is 390 g/mol. The molecule has 2 atom stereocenters. The third kappa shape index (κ3) is 3.23. The highest BCUT2D eigenvalue weighted by Crippen LogP contribution is 2.31. The summed E-state index contributed by atoms with van der Waals surface area (Å²) in [6.45, 7) is 3.69. The molecule has 1 fully saturated rings. The Hall–Kier alpha value is -1.93. The van der Waals surface area contributed by atoms with Crippen LogP contribution in [0.1, 0.15) is 15.4 Å². The number of thiophene rings is 1. The lowest BCUT2D eigenvalue weighted by Gasteiger charge is -2.13. The van der Waals surface area contributed by atoms with Crippen molar-refractivity contribution in [3.8, 4) is 5.69 Å². The Bertz CT molecular complexity index is 967. The van der Waals surface area contributed by atoms with E-state index in [1.54, 1.807) is 0 Å². The Morgan fingerprint density at radius 2 is 2.31 bits per heavy atom. The first-order valence-corrected chi connectivity index (χ1v) is 9.64. The van der Waals surface area contributed by atoms with E-state index >= 15 is 0 Å². The number of hydrogen-bond donors (Lipinski definition) is 3. The molecule has 0 saturated carbocycles. The van der Waals surface area contributed by atoms with E-state index in [0.29, 0.717) is 23.0 Å². The normalized spacial score (nSPS) is 20.0. The van der Waals surface area contributed by atoms with Gasteiger partial charge in [-0.05, 0) is 31.2 Å². The fourth-order valence-corrected chi connectivity index (χ4v) is 4.46. The molecular formula is C18H19ClN4O2S. The van der Waals surface area contributed by atoms with Crippen LogP contribution in [0.5, 0.6) is 0 Å². The van der Waals surface area contributed by atoms with Crippen molar-refractivity contribution < 1.29 is 9.90 Å². The fourth-order valence-electron chi connectivity index (χ4n) is 3.18. The number of β-amino-alcohol motifs (C(OH)–C–C–N with tert-alkyl or cyclic N) is 1. The van der Waals surface area contributed by atoms with Gasteiger partial charge in [-0.3, -0.25) is 4.79 Å². The second kappa shape index (κ2) is 7.00. The minimum Gasteiger partial charge on any atom is -0.391 e. The molecule has 3 heterocycles. The van der Waals surface area contributed by atoms with Crippen molar-refractivity contribution in [2.24, 2.45) is 5.92 Å². The molecule has 8 heteroatoms. The highest BCUT2D eigenvalue weighted by molar-refractivity contribution is 7.20. The molecule has 0 spiro atoms. The van der Waals surface area contributed by atoms with E-state index in [4.69, 9.17) is 11.6 Å². The topological polar surface area (TPSA) is 79.2 Å². The van der Waals surface area contributed by atoms with E-state index < -0.39 is 6.10 Å². The lowest BCUT2D eigenvalue weighted by atomic mass is 10.1. The van der Waals surface area contributed by atoms with Crippen molar-refractivity contribution in [1.82, 2.24) is 20.4 Å². The third-order valence-corrected chi connectivity index (χ3v) is 5.99. The molecule has 0 aliphatic carbocycles. The van der Waals surface area contributed by atoms with Crippen LogP contribution in [-0.2, 0) is 0 Å². The number of aromatic nitrogens is 2. The van der Waals surface area contributed by atoms with E-state index in [-0.39, 0.29) is 11.8 Å². The summed E-state index contributed by atoms with van der Waals surface area (Å²) in [4.78, 5) is 14.1. The van der Waals surface area contributed by atoms with Gasteiger partial charge in [-0.2, -0.15) is 5.10 Å². The molecule has 6 nitrogen and oxygen atoms in total. The zero-order valence-corrected chi connectivity index (χ0v) is 15.8. The first kappa shape index (κ1) is 17.5. The minimum atomic E-state index is -0.406. The van der Waals surface area contributed by atoms with Crippen molar-refractivity contribution in [3.63, 3.8) is 0 Å². The molecule has 1 amide bonds. The predicted octanol–water partition coefficient (Wildman–Crippen LogP) is 2.36. The maximum Gasteiger partial charge on any atom is 0.261 e. The maximum atomic E-state index is 12.5. The summed E-state index contributed by atoms with van der Waals surface area (Å²) in [7, 11) is 0. The number of aliphatic hydroxyl groups is 1. The highest BCUT2D eigenvalue weighted by atomic mass is 35.5. The lowest BCUT2D eigenvalue weighted by molar-refractivity contribution is 0.0931. The molecule has 1 aliphatic rings. The van der Waals surface area contributed by atoms with Gasteiger partial charge in [-0.1, -0.05) is 17.7 Å². The molecule has 3 N–H and O–H groups in total. The molecule has 2 unspecified atom stereocenters. The average Bonchev–Trinajstić information content (AvgIpc) is 3.30. The van der Waals surface area contributed by atoms with Gasteiger partial charge in [0.05, 0.1) is 22.4 Å². The summed E-state index contributed by atoms with van der Waals surface area (Å²) >= 11 is 7.50. The van der Waals surface area contributed by atoms with Crippen molar-refractivity contribution in [2.75, 3.05) is 19.6 Å². The van der Waals surface area contributed by atoms with Gasteiger partial charge in [0.1, 0.15) is 4.83 Å². The van der Waals surface area contributed by atoms with Crippen LogP contribution in [0.3, 0.4) is 0 Å². The van der Waals surface area contributed by atoms with Gasteiger partial charge >= 0.3 is 0 Å². The second-order valence-corrected chi connectivity index (χ2v) is 7.97. The zero-order valence-electron chi connectivity index (χ0n) is 14.2. The van der Waals surface area contributed by atoms with Crippen molar-refractivity contribution in [3.05, 3.63) is 45.9 Å². The standard InChI is InChI=1S/C18H19ClN4O2S/c1-10-14-6-16(17(25)21-8-11-7-20-9-15(11)24)26-18(14)23(22-10)13-4-2-3-12(19)5-13/h2-6,11,15,20,24H,7-9H2,1H3,(H,21,25). The second-order valence-electron chi connectivity index (χ2n) is 6.50. The number of carbonyl (C=O) groups is 1. The predicted molar refractivity (Wildman–Crippen MR) is 103 cm³/mol. The number of benzene rings is 1. The molecule has 1 saturated heterocycles. The molecule has 1 aliphatic heterocycles. The molecule has 0 bridgehead atoms. The number of aliphatic hydroxyl groups excluding tert-OH is 1. The van der Waals surface area contributed by atoms with E-state index in [9.17, 15) is 9.90 Å². The van der Waals surface area contributed by atoms with E-state index in [1.807, 2.05) is 41.9 Å². The number of nitrogens with zero attached hydrogens (tertiary/aromatic N) is 2. The van der Waals surface area contributed by atoms with Crippen LogP contribution in [0.15, 0.2) is 30.3 Å². The molecule has 136 valence electrons. The van der Waals surface area contributed by atoms with Gasteiger partial charge in [0.15, 0.2) is 0 Å². The molecule has 1 aromatic carbocycles. The number of nitrogens with one attached hydrogen (secondary N) is 2. The maximum absolute atomic E-state index is 12.5. The number of fused-ring (bicyclic) bond motifs is 1. The lowest BCUT2D eigenvalue weighted by Crippen LogP contribution is -2.34. The van der Waals surface area contributed by atoms with E-state index in [1.165, 1.54) is 11.3 Å². The first-order chi connectivity index (χ1) is 12.5. The van der Waals surface area contributed by atoms with Crippen LogP contribution in [0, 0.1) is 12.8 Å². The van der Waals surface area contributed by atoms with E-state index in [2.05, 4.69) is 15.7 Å². The number of halogens is 1. The molecule has 26 heavy (non-hydrogen) atoms. The molecular weight excluding hydrogens is 372 g/mol. The molecule has 2 aromatic heterocycles. The first-order valence-electron chi connectivity index (χ1n) is 8.45. The van der Waals surface area contributed by atoms with Crippen LogP contribution in [0.25, 0.3) is 15.9 Å². The van der Waals surface area contributed by atoms with Gasteiger partial charge in [-0.15, -0.1) is 11.3 Å². The summed E-state index contributed by atoms with van der Waals surface area (Å²) in [6, 6.07) is 9.36. The zero-order chi connectivity index (χ0) is 18.3. The number of amides is 1. The van der Waals surface area contributed by atoms with E-state index in [0.717, 1.165) is 28.1 Å². The third-order valence-electron chi connectivity index (χ3n) is 4.65. The minimum absolute atomic E-state index is 0.0528. The van der Waals surface area contributed by atoms with Crippen LogP contribution in [-0.4, -0.2) is 46.5 Å². The average molecular weight is 391 g/mol. The smallest absolute Gasteiger partial charge is 0.261 e. The van der Waals surface area contributed by atoms with Gasteiger partial charge in [-0.25, -0.2) is 4.68 Å². The van der Waals surface area contributed by atoms with Gasteiger partial charge in [0.2, 0.25) is 0 Å². The van der Waals surface area contributed by atoms with Crippen LogP contribution >= 0.6 is 22.9 Å². The number of aryl methyl sites for hydroxylation is 1. The fraction of sp³-hybridized carbons (Fsp3) is 0.333. The quantitative estimate of drug-likeness (QED) is 0.639. The van der Waals surface area contributed by atoms with Crippen molar-refractivity contribution >= 4 is 39.1 Å². The van der Waals surface area contributed by atoms with Gasteiger partial charge < -0.3 is 15.7 Å².